The second-order valence-corrected chi connectivity index (χ2v) is 7.18. The maximum Gasteiger partial charge on any atom is 0.362 e. The van der Waals surface area contributed by atoms with Crippen LogP contribution in [0.25, 0.3) is 0 Å². The first kappa shape index (κ1) is 17.7. The Kier molecular flexibility index (Phi) is 4.98. The van der Waals surface area contributed by atoms with Crippen molar-refractivity contribution in [2.75, 3.05) is 6.61 Å². The summed E-state index contributed by atoms with van der Waals surface area (Å²) < 4.78 is 41.0. The summed E-state index contributed by atoms with van der Waals surface area (Å²) in [6.45, 7) is 7.35. The quantitative estimate of drug-likeness (QED) is 0.844. The summed E-state index contributed by atoms with van der Waals surface area (Å²) in [4.78, 5) is 10.8. The van der Waals surface area contributed by atoms with Crippen LogP contribution in [-0.4, -0.2) is 27.2 Å². The van der Waals surface area contributed by atoms with Gasteiger partial charge in [-0.2, -0.15) is 8.42 Å². The lowest BCUT2D eigenvalue weighted by Crippen LogP contribution is -2.34. The van der Waals surface area contributed by atoms with Crippen LogP contribution in [0.5, 0.6) is 5.75 Å². The Hall–Kier alpha value is -1.64. The third-order valence-corrected chi connectivity index (χ3v) is 4.49. The molecule has 0 spiro atoms. The molecule has 2 rings (SSSR count). The van der Waals surface area contributed by atoms with Crippen molar-refractivity contribution in [3.63, 3.8) is 0 Å². The van der Waals surface area contributed by atoms with Crippen LogP contribution in [0, 0.1) is 0 Å². The van der Waals surface area contributed by atoms with E-state index in [2.05, 4.69) is 0 Å². The number of amides is 1. The zero-order chi connectivity index (χ0) is 17.3. The number of hydrogen-bond acceptors (Lipinski definition) is 6. The molecule has 0 radical (unpaired) electrons. The molecule has 7 nitrogen and oxygen atoms in total. The van der Waals surface area contributed by atoms with Gasteiger partial charge in [-0.25, -0.2) is 8.91 Å². The Morgan fingerprint density at radius 2 is 2.09 bits per heavy atom. The van der Waals surface area contributed by atoms with Gasteiger partial charge >= 0.3 is 10.3 Å². The van der Waals surface area contributed by atoms with Crippen LogP contribution >= 0.6 is 0 Å². The van der Waals surface area contributed by atoms with Crippen molar-refractivity contribution in [2.24, 2.45) is 0 Å². The summed E-state index contributed by atoms with van der Waals surface area (Å²) in [5.74, 6) is 0.00922. The first-order chi connectivity index (χ1) is 10.7. The van der Waals surface area contributed by atoms with Crippen molar-refractivity contribution >= 4 is 16.2 Å². The van der Waals surface area contributed by atoms with Crippen molar-refractivity contribution in [2.45, 2.75) is 46.0 Å². The average Bonchev–Trinajstić information content (AvgIpc) is 2.67. The molecule has 1 unspecified atom stereocenters. The fourth-order valence-electron chi connectivity index (χ4n) is 2.41. The molecular weight excluding hydrogens is 322 g/mol. The van der Waals surface area contributed by atoms with E-state index in [9.17, 15) is 13.2 Å². The van der Waals surface area contributed by atoms with E-state index in [1.807, 2.05) is 26.8 Å². The molecule has 1 heterocycles. The van der Waals surface area contributed by atoms with Crippen molar-refractivity contribution in [1.29, 1.82) is 0 Å². The maximum absolute atomic E-state index is 11.5. The second kappa shape index (κ2) is 6.46. The van der Waals surface area contributed by atoms with Crippen LogP contribution in [0.3, 0.4) is 0 Å². The highest BCUT2D eigenvalue weighted by atomic mass is 32.2. The SMILES string of the molecule is CCOC1Oc2ccc(COS(=O)(=O)NC(C)=O)cc2C1(C)C. The highest BCUT2D eigenvalue weighted by molar-refractivity contribution is 7.85. The van der Waals surface area contributed by atoms with Crippen LogP contribution < -0.4 is 9.46 Å². The molecular formula is C15H21NO6S. The molecule has 23 heavy (non-hydrogen) atoms. The fourth-order valence-corrected chi connectivity index (χ4v) is 3.11. The standard InChI is InChI=1S/C15H21NO6S/c1-5-20-14-15(3,4)12-8-11(6-7-13(12)22-14)9-21-23(18,19)16-10(2)17/h6-8,14H,5,9H2,1-4H3,(H,16,17). The van der Waals surface area contributed by atoms with Crippen molar-refractivity contribution < 1.29 is 26.9 Å². The molecule has 0 aliphatic carbocycles. The van der Waals surface area contributed by atoms with Gasteiger partial charge in [0.15, 0.2) is 0 Å². The molecule has 1 N–H and O–H groups in total. The number of ether oxygens (including phenoxy) is 2. The van der Waals surface area contributed by atoms with Gasteiger partial charge in [-0.05, 0) is 38.5 Å². The summed E-state index contributed by atoms with van der Waals surface area (Å²) in [5.41, 5.74) is 1.22. The van der Waals surface area contributed by atoms with E-state index in [-0.39, 0.29) is 18.3 Å². The van der Waals surface area contributed by atoms with Crippen molar-refractivity contribution in [3.8, 4) is 5.75 Å². The molecule has 0 aromatic heterocycles. The number of benzene rings is 1. The average molecular weight is 343 g/mol. The molecule has 1 aromatic carbocycles. The molecule has 1 amide bonds. The van der Waals surface area contributed by atoms with Gasteiger partial charge in [-0.1, -0.05) is 6.07 Å². The Morgan fingerprint density at radius 3 is 2.70 bits per heavy atom. The highest BCUT2D eigenvalue weighted by Gasteiger charge is 2.42. The summed E-state index contributed by atoms with van der Waals surface area (Å²) in [5, 5.41) is 0. The smallest absolute Gasteiger partial charge is 0.362 e. The predicted octanol–water partition coefficient (Wildman–Crippen LogP) is 1.62. The number of carbonyl (C=O) groups is 1. The van der Waals surface area contributed by atoms with Crippen LogP contribution in [0.1, 0.15) is 38.8 Å². The summed E-state index contributed by atoms with van der Waals surface area (Å²) in [7, 11) is -4.10. The topological polar surface area (TPSA) is 90.9 Å². The number of fused-ring (bicyclic) bond motifs is 1. The molecule has 1 aliphatic rings. The van der Waals surface area contributed by atoms with E-state index >= 15 is 0 Å². The van der Waals surface area contributed by atoms with E-state index in [0.717, 1.165) is 12.5 Å². The molecule has 0 saturated heterocycles. The Balaban J connectivity index is 2.14. The molecule has 8 heteroatoms. The third-order valence-electron chi connectivity index (χ3n) is 3.53. The number of carbonyl (C=O) groups excluding carboxylic acids is 1. The molecule has 1 atom stereocenters. The van der Waals surface area contributed by atoms with Crippen molar-refractivity contribution in [3.05, 3.63) is 29.3 Å². The van der Waals surface area contributed by atoms with Crippen LogP contribution in [0.4, 0.5) is 0 Å². The third kappa shape index (κ3) is 4.01. The number of nitrogens with one attached hydrogen (secondary N) is 1. The first-order valence-electron chi connectivity index (χ1n) is 7.25. The largest absolute Gasteiger partial charge is 0.464 e. The highest BCUT2D eigenvalue weighted by Crippen LogP contribution is 2.43. The molecule has 1 aromatic rings. The van der Waals surface area contributed by atoms with Gasteiger partial charge in [-0.3, -0.25) is 4.79 Å². The van der Waals surface area contributed by atoms with Crippen LogP contribution in [0.2, 0.25) is 0 Å². The number of rotatable bonds is 6. The van der Waals surface area contributed by atoms with E-state index in [1.54, 1.807) is 16.9 Å². The lowest BCUT2D eigenvalue weighted by Gasteiger charge is -2.25. The Labute approximate surface area is 136 Å². The monoisotopic (exact) mass is 343 g/mol. The zero-order valence-corrected chi connectivity index (χ0v) is 14.4. The lowest BCUT2D eigenvalue weighted by atomic mass is 9.84. The van der Waals surface area contributed by atoms with Gasteiger partial charge in [-0.15, -0.1) is 0 Å². The minimum absolute atomic E-state index is 0.175. The Bertz CT molecular complexity index is 698. The summed E-state index contributed by atoms with van der Waals surface area (Å²) in [6, 6.07) is 5.31. The molecule has 0 saturated carbocycles. The van der Waals surface area contributed by atoms with Gasteiger partial charge in [0.25, 0.3) is 0 Å². The van der Waals surface area contributed by atoms with E-state index in [0.29, 0.717) is 17.9 Å². The normalized spacial score (nSPS) is 19.0. The minimum Gasteiger partial charge on any atom is -0.464 e. The second-order valence-electron chi connectivity index (χ2n) is 5.83. The predicted molar refractivity (Wildman–Crippen MR) is 83.0 cm³/mol. The lowest BCUT2D eigenvalue weighted by molar-refractivity contribution is -0.117. The summed E-state index contributed by atoms with van der Waals surface area (Å²) >= 11 is 0. The van der Waals surface area contributed by atoms with Gasteiger partial charge in [0.05, 0.1) is 12.0 Å². The van der Waals surface area contributed by atoms with Crippen LogP contribution in [0.15, 0.2) is 18.2 Å². The molecule has 128 valence electrons. The van der Waals surface area contributed by atoms with Crippen molar-refractivity contribution in [1.82, 2.24) is 4.72 Å². The van der Waals surface area contributed by atoms with Gasteiger partial charge < -0.3 is 9.47 Å². The van der Waals surface area contributed by atoms with Crippen LogP contribution in [-0.2, 0) is 36.0 Å². The zero-order valence-electron chi connectivity index (χ0n) is 13.6. The maximum atomic E-state index is 11.5. The van der Waals surface area contributed by atoms with E-state index < -0.39 is 16.2 Å². The Morgan fingerprint density at radius 1 is 1.39 bits per heavy atom. The summed E-state index contributed by atoms with van der Waals surface area (Å²) in [6.07, 6.45) is -0.387. The molecule has 1 aliphatic heterocycles. The number of hydrogen-bond donors (Lipinski definition) is 1. The van der Waals surface area contributed by atoms with E-state index in [1.165, 1.54) is 0 Å². The first-order valence-corrected chi connectivity index (χ1v) is 8.66. The fraction of sp³-hybridized carbons (Fsp3) is 0.533. The van der Waals surface area contributed by atoms with E-state index in [4.69, 9.17) is 13.7 Å². The van der Waals surface area contributed by atoms with Gasteiger partial charge in [0.1, 0.15) is 5.75 Å². The molecule has 0 fully saturated rings. The van der Waals surface area contributed by atoms with Gasteiger partial charge in [0.2, 0.25) is 12.2 Å². The minimum atomic E-state index is -4.10. The molecule has 0 bridgehead atoms. The van der Waals surface area contributed by atoms with Gasteiger partial charge in [0, 0.05) is 19.1 Å².